The molecule has 0 saturated carbocycles. The summed E-state index contributed by atoms with van der Waals surface area (Å²) in [6, 6.07) is 4.68. The minimum atomic E-state index is -0.649. The third kappa shape index (κ3) is 2.32. The van der Waals surface area contributed by atoms with Crippen LogP contribution in [0.15, 0.2) is 22.7 Å². The molecule has 0 aliphatic carbocycles. The van der Waals surface area contributed by atoms with Crippen molar-refractivity contribution in [3.63, 3.8) is 0 Å². The molecule has 0 atom stereocenters. The molecule has 1 aromatic carbocycles. The quantitative estimate of drug-likeness (QED) is 0.773. The Balaban J connectivity index is 2.68. The van der Waals surface area contributed by atoms with Gasteiger partial charge < -0.3 is 4.52 Å². The van der Waals surface area contributed by atoms with E-state index in [1.54, 1.807) is 13.0 Å². The Labute approximate surface area is 112 Å². The molecule has 2 aromatic rings. The van der Waals surface area contributed by atoms with Gasteiger partial charge in [-0.3, -0.25) is 4.79 Å². The number of benzene rings is 1. The zero-order valence-corrected chi connectivity index (χ0v) is 10.9. The molecule has 0 bridgehead atoms. The summed E-state index contributed by atoms with van der Waals surface area (Å²) in [5.74, 6) is 0.400. The minimum absolute atomic E-state index is 0.161. The van der Waals surface area contributed by atoms with Crippen LogP contribution in [0.4, 0.5) is 0 Å². The van der Waals surface area contributed by atoms with E-state index in [1.165, 1.54) is 12.1 Å². The number of carbonyl (C=O) groups excluding carboxylic acids is 1. The smallest absolute Gasteiger partial charge is 0.253 e. The second kappa shape index (κ2) is 4.69. The summed E-state index contributed by atoms with van der Waals surface area (Å²) in [6.07, 6.45) is 0. The molecule has 0 aliphatic heterocycles. The highest BCUT2D eigenvalue weighted by Gasteiger charge is 2.18. The molecule has 88 valence electrons. The van der Waals surface area contributed by atoms with Crippen LogP contribution in [0.3, 0.4) is 0 Å². The lowest BCUT2D eigenvalue weighted by Gasteiger charge is -2.06. The molecule has 0 unspecified atom stereocenters. The van der Waals surface area contributed by atoms with Crippen molar-refractivity contribution in [2.75, 3.05) is 0 Å². The van der Waals surface area contributed by atoms with Crippen molar-refractivity contribution in [1.82, 2.24) is 5.16 Å². The molecular weight excluding hydrogens is 284 g/mol. The van der Waals surface area contributed by atoms with Crippen LogP contribution in [-0.2, 0) is 0 Å². The van der Waals surface area contributed by atoms with E-state index in [0.717, 1.165) is 0 Å². The highest BCUT2D eigenvalue weighted by atomic mass is 35.5. The Morgan fingerprint density at radius 1 is 1.35 bits per heavy atom. The minimum Gasteiger partial charge on any atom is -0.356 e. The van der Waals surface area contributed by atoms with E-state index in [0.29, 0.717) is 22.0 Å². The summed E-state index contributed by atoms with van der Waals surface area (Å²) < 4.78 is 5.07. The van der Waals surface area contributed by atoms with Crippen molar-refractivity contribution in [1.29, 1.82) is 0 Å². The number of nitrogens with zero attached hydrogens (tertiary/aromatic N) is 1. The highest BCUT2D eigenvalue weighted by molar-refractivity contribution is 6.69. The van der Waals surface area contributed by atoms with E-state index in [1.807, 2.05) is 0 Å². The van der Waals surface area contributed by atoms with Crippen LogP contribution in [-0.4, -0.2) is 10.4 Å². The van der Waals surface area contributed by atoms with Crippen LogP contribution >= 0.6 is 34.8 Å². The van der Waals surface area contributed by atoms with E-state index in [9.17, 15) is 4.79 Å². The monoisotopic (exact) mass is 289 g/mol. The van der Waals surface area contributed by atoms with Crippen molar-refractivity contribution >= 4 is 40.0 Å². The van der Waals surface area contributed by atoms with Gasteiger partial charge in [0, 0.05) is 6.07 Å². The Hall–Kier alpha value is -1.03. The van der Waals surface area contributed by atoms with Crippen LogP contribution in [0.2, 0.25) is 10.0 Å². The molecule has 3 nitrogen and oxygen atoms in total. The first-order chi connectivity index (χ1) is 8.00. The van der Waals surface area contributed by atoms with Gasteiger partial charge in [-0.15, -0.1) is 0 Å². The third-order valence-corrected chi connectivity index (χ3v) is 3.09. The SMILES string of the molecule is Cc1cc(-c2c(Cl)ccc(C(=O)Cl)c2Cl)on1. The topological polar surface area (TPSA) is 43.1 Å². The summed E-state index contributed by atoms with van der Waals surface area (Å²) >= 11 is 17.5. The fourth-order valence-electron chi connectivity index (χ4n) is 1.41. The van der Waals surface area contributed by atoms with Gasteiger partial charge >= 0.3 is 0 Å². The van der Waals surface area contributed by atoms with Crippen molar-refractivity contribution in [2.24, 2.45) is 0 Å². The van der Waals surface area contributed by atoms with Crippen molar-refractivity contribution in [3.05, 3.63) is 39.5 Å². The van der Waals surface area contributed by atoms with Crippen LogP contribution in [0.5, 0.6) is 0 Å². The Kier molecular flexibility index (Phi) is 3.43. The molecular formula is C11H6Cl3NO2. The average Bonchev–Trinajstić information content (AvgIpc) is 2.64. The van der Waals surface area contributed by atoms with Gasteiger partial charge in [-0.2, -0.15) is 0 Å². The summed E-state index contributed by atoms with van der Waals surface area (Å²) in [4.78, 5) is 11.2. The zero-order chi connectivity index (χ0) is 12.6. The standard InChI is InChI=1S/C11H6Cl3NO2/c1-5-4-8(17-15-5)9-7(12)3-2-6(10(9)13)11(14)16/h2-4H,1H3. The van der Waals surface area contributed by atoms with Crippen molar-refractivity contribution < 1.29 is 9.32 Å². The van der Waals surface area contributed by atoms with Gasteiger partial charge in [0.05, 0.1) is 26.9 Å². The van der Waals surface area contributed by atoms with Gasteiger partial charge in [0.1, 0.15) is 0 Å². The molecule has 0 spiro atoms. The first kappa shape index (κ1) is 12.4. The van der Waals surface area contributed by atoms with E-state index in [2.05, 4.69) is 5.16 Å². The predicted molar refractivity (Wildman–Crippen MR) is 66.9 cm³/mol. The highest BCUT2D eigenvalue weighted by Crippen LogP contribution is 2.37. The summed E-state index contributed by atoms with van der Waals surface area (Å²) in [5, 5.41) is 3.62. The Bertz CT molecular complexity index is 592. The zero-order valence-electron chi connectivity index (χ0n) is 8.63. The molecule has 0 fully saturated rings. The second-order valence-electron chi connectivity index (χ2n) is 3.39. The van der Waals surface area contributed by atoms with Gasteiger partial charge in [-0.25, -0.2) is 0 Å². The van der Waals surface area contributed by atoms with Crippen molar-refractivity contribution in [2.45, 2.75) is 6.92 Å². The molecule has 17 heavy (non-hydrogen) atoms. The molecule has 0 saturated heterocycles. The third-order valence-electron chi connectivity index (χ3n) is 2.18. The van der Waals surface area contributed by atoms with Gasteiger partial charge in [0.2, 0.25) is 0 Å². The van der Waals surface area contributed by atoms with Crippen molar-refractivity contribution in [3.8, 4) is 11.3 Å². The number of halogens is 3. The summed E-state index contributed by atoms with van der Waals surface area (Å²) in [6.45, 7) is 1.77. The number of hydrogen-bond acceptors (Lipinski definition) is 3. The van der Waals surface area contributed by atoms with Crippen LogP contribution in [0.25, 0.3) is 11.3 Å². The maximum atomic E-state index is 11.2. The fraction of sp³-hybridized carbons (Fsp3) is 0.0909. The van der Waals surface area contributed by atoms with E-state index < -0.39 is 5.24 Å². The number of rotatable bonds is 2. The molecule has 0 N–H and O–H groups in total. The Morgan fingerprint density at radius 2 is 2.06 bits per heavy atom. The Morgan fingerprint density at radius 3 is 2.59 bits per heavy atom. The number of hydrogen-bond donors (Lipinski definition) is 0. The molecule has 2 rings (SSSR count). The van der Waals surface area contributed by atoms with Crippen LogP contribution in [0.1, 0.15) is 16.1 Å². The lowest BCUT2D eigenvalue weighted by atomic mass is 10.1. The first-order valence-corrected chi connectivity index (χ1v) is 5.75. The molecule has 0 aliphatic rings. The second-order valence-corrected chi connectivity index (χ2v) is 4.52. The number of carbonyl (C=O) groups is 1. The normalized spacial score (nSPS) is 10.6. The number of aromatic nitrogens is 1. The first-order valence-electron chi connectivity index (χ1n) is 4.62. The molecule has 0 radical (unpaired) electrons. The lowest BCUT2D eigenvalue weighted by Crippen LogP contribution is -1.92. The maximum absolute atomic E-state index is 11.2. The van der Waals surface area contributed by atoms with Gasteiger partial charge in [-0.1, -0.05) is 28.4 Å². The lowest BCUT2D eigenvalue weighted by molar-refractivity contribution is 0.108. The van der Waals surface area contributed by atoms with E-state index in [-0.39, 0.29) is 10.6 Å². The van der Waals surface area contributed by atoms with Crippen LogP contribution in [0, 0.1) is 6.92 Å². The average molecular weight is 291 g/mol. The van der Waals surface area contributed by atoms with Gasteiger partial charge in [-0.05, 0) is 30.7 Å². The predicted octanol–water partition coefficient (Wildman–Crippen LogP) is 4.34. The van der Waals surface area contributed by atoms with Gasteiger partial charge in [0.25, 0.3) is 5.24 Å². The molecule has 0 amide bonds. The maximum Gasteiger partial charge on any atom is 0.253 e. The van der Waals surface area contributed by atoms with Crippen LogP contribution < -0.4 is 0 Å². The van der Waals surface area contributed by atoms with Gasteiger partial charge in [0.15, 0.2) is 5.76 Å². The molecule has 1 aromatic heterocycles. The molecule has 1 heterocycles. The number of aryl methyl sites for hydroxylation is 1. The summed E-state index contributed by atoms with van der Waals surface area (Å²) in [5.41, 5.74) is 1.29. The molecule has 6 heteroatoms. The summed E-state index contributed by atoms with van der Waals surface area (Å²) in [7, 11) is 0. The van der Waals surface area contributed by atoms with E-state index in [4.69, 9.17) is 39.3 Å². The van der Waals surface area contributed by atoms with E-state index >= 15 is 0 Å². The largest absolute Gasteiger partial charge is 0.356 e. The fourth-order valence-corrected chi connectivity index (χ4v) is 2.26.